The van der Waals surface area contributed by atoms with Crippen LogP contribution in [0.15, 0.2) is 30.3 Å². The third-order valence-corrected chi connectivity index (χ3v) is 4.61. The summed E-state index contributed by atoms with van der Waals surface area (Å²) in [5, 5.41) is 1.35. The van der Waals surface area contributed by atoms with Crippen molar-refractivity contribution in [2.45, 2.75) is 26.1 Å². The molecular formula is C16H15Cl3. The summed E-state index contributed by atoms with van der Waals surface area (Å²) in [6.45, 7) is 6.00. The first-order chi connectivity index (χ1) is 8.90. The lowest BCUT2D eigenvalue weighted by molar-refractivity contribution is 1.10. The molecule has 0 N–H and O–H groups in total. The smallest absolute Gasteiger partial charge is 0.0838 e. The van der Waals surface area contributed by atoms with E-state index in [0.29, 0.717) is 0 Å². The Hall–Kier alpha value is -0.690. The molecule has 1 unspecified atom stereocenters. The molecule has 100 valence electrons. The zero-order valence-corrected chi connectivity index (χ0v) is 13.4. The minimum Gasteiger partial charge on any atom is -0.113 e. The molecule has 0 aliphatic carbocycles. The molecule has 0 aliphatic rings. The fraction of sp³-hybridized carbons (Fsp3) is 0.250. The highest BCUT2D eigenvalue weighted by Gasteiger charge is 2.15. The zero-order valence-electron chi connectivity index (χ0n) is 11.1. The Labute approximate surface area is 129 Å². The number of alkyl halides is 1. The highest BCUT2D eigenvalue weighted by atomic mass is 35.5. The summed E-state index contributed by atoms with van der Waals surface area (Å²) >= 11 is 18.8. The largest absolute Gasteiger partial charge is 0.113 e. The van der Waals surface area contributed by atoms with Crippen molar-refractivity contribution in [1.29, 1.82) is 0 Å². The number of rotatable bonds is 2. The second kappa shape index (κ2) is 5.75. The standard InChI is InChI=1S/C16H15Cl3/c1-9-8-15(18)11(3)7-13(9)16(19)12-4-5-14(17)10(2)6-12/h4-8,16H,1-3H3. The Morgan fingerprint density at radius 2 is 1.42 bits per heavy atom. The van der Waals surface area contributed by atoms with E-state index < -0.39 is 0 Å². The van der Waals surface area contributed by atoms with Crippen molar-refractivity contribution in [3.05, 3.63) is 68.2 Å². The average Bonchev–Trinajstić information content (AvgIpc) is 2.36. The highest BCUT2D eigenvalue weighted by molar-refractivity contribution is 6.32. The van der Waals surface area contributed by atoms with Gasteiger partial charge in [0, 0.05) is 10.0 Å². The van der Waals surface area contributed by atoms with Crippen LogP contribution in [0.2, 0.25) is 10.0 Å². The van der Waals surface area contributed by atoms with Gasteiger partial charge in [0.1, 0.15) is 0 Å². The first-order valence-electron chi connectivity index (χ1n) is 6.07. The molecule has 0 amide bonds. The van der Waals surface area contributed by atoms with E-state index in [2.05, 4.69) is 6.07 Å². The molecule has 3 heteroatoms. The lowest BCUT2D eigenvalue weighted by Gasteiger charge is -2.16. The molecule has 0 fully saturated rings. The van der Waals surface area contributed by atoms with Crippen molar-refractivity contribution in [1.82, 2.24) is 0 Å². The van der Waals surface area contributed by atoms with Crippen LogP contribution in [-0.2, 0) is 0 Å². The van der Waals surface area contributed by atoms with Crippen molar-refractivity contribution in [3.63, 3.8) is 0 Å². The van der Waals surface area contributed by atoms with Crippen molar-refractivity contribution in [2.75, 3.05) is 0 Å². The minimum atomic E-state index is -0.188. The number of halogens is 3. The Balaban J connectivity index is 2.46. The molecule has 0 nitrogen and oxygen atoms in total. The van der Waals surface area contributed by atoms with Crippen LogP contribution >= 0.6 is 34.8 Å². The van der Waals surface area contributed by atoms with Crippen LogP contribution in [0.4, 0.5) is 0 Å². The summed E-state index contributed by atoms with van der Waals surface area (Å²) in [6.07, 6.45) is 0. The normalized spacial score (nSPS) is 12.5. The van der Waals surface area contributed by atoms with Gasteiger partial charge in [-0.2, -0.15) is 0 Å². The van der Waals surface area contributed by atoms with Gasteiger partial charge in [-0.1, -0.05) is 41.4 Å². The molecule has 0 saturated carbocycles. The molecule has 0 saturated heterocycles. The molecule has 2 aromatic rings. The molecule has 0 spiro atoms. The van der Waals surface area contributed by atoms with Crippen molar-refractivity contribution >= 4 is 34.8 Å². The van der Waals surface area contributed by atoms with Gasteiger partial charge in [-0.15, -0.1) is 11.6 Å². The van der Waals surface area contributed by atoms with Crippen LogP contribution in [-0.4, -0.2) is 0 Å². The van der Waals surface area contributed by atoms with Gasteiger partial charge in [0.2, 0.25) is 0 Å². The summed E-state index contributed by atoms with van der Waals surface area (Å²) in [4.78, 5) is 0. The Bertz CT molecular complexity index is 618. The summed E-state index contributed by atoms with van der Waals surface area (Å²) in [7, 11) is 0. The predicted molar refractivity (Wildman–Crippen MR) is 84.8 cm³/mol. The Kier molecular flexibility index (Phi) is 4.45. The van der Waals surface area contributed by atoms with E-state index in [1.54, 1.807) is 0 Å². The van der Waals surface area contributed by atoms with Crippen LogP contribution in [0, 0.1) is 20.8 Å². The molecule has 0 radical (unpaired) electrons. The lowest BCUT2D eigenvalue weighted by Crippen LogP contribution is -1.98. The molecule has 0 heterocycles. The van der Waals surface area contributed by atoms with Gasteiger partial charge < -0.3 is 0 Å². The number of benzene rings is 2. The van der Waals surface area contributed by atoms with Gasteiger partial charge in [0.25, 0.3) is 0 Å². The highest BCUT2D eigenvalue weighted by Crippen LogP contribution is 2.34. The maximum atomic E-state index is 6.60. The van der Waals surface area contributed by atoms with Crippen LogP contribution < -0.4 is 0 Å². The monoisotopic (exact) mass is 312 g/mol. The Morgan fingerprint density at radius 1 is 0.789 bits per heavy atom. The maximum Gasteiger partial charge on any atom is 0.0838 e. The van der Waals surface area contributed by atoms with E-state index >= 15 is 0 Å². The van der Waals surface area contributed by atoms with Crippen LogP contribution in [0.3, 0.4) is 0 Å². The summed E-state index contributed by atoms with van der Waals surface area (Å²) in [5.41, 5.74) is 5.31. The SMILES string of the molecule is Cc1cc(C(Cl)c2cc(C)c(Cl)cc2C)ccc1Cl. The number of hydrogen-bond acceptors (Lipinski definition) is 0. The third-order valence-electron chi connectivity index (χ3n) is 3.30. The molecular weight excluding hydrogens is 299 g/mol. The van der Waals surface area contributed by atoms with Gasteiger partial charge >= 0.3 is 0 Å². The number of hydrogen-bond donors (Lipinski definition) is 0. The molecule has 1 atom stereocenters. The van der Waals surface area contributed by atoms with Crippen molar-refractivity contribution in [2.24, 2.45) is 0 Å². The second-order valence-corrected chi connectivity index (χ2v) is 6.08. The molecule has 19 heavy (non-hydrogen) atoms. The van der Waals surface area contributed by atoms with Crippen LogP contribution in [0.1, 0.15) is 33.2 Å². The average molecular weight is 314 g/mol. The van der Waals surface area contributed by atoms with Gasteiger partial charge in [-0.25, -0.2) is 0 Å². The van der Waals surface area contributed by atoms with Crippen LogP contribution in [0.25, 0.3) is 0 Å². The van der Waals surface area contributed by atoms with Gasteiger partial charge in [0.05, 0.1) is 5.38 Å². The van der Waals surface area contributed by atoms with Crippen molar-refractivity contribution < 1.29 is 0 Å². The zero-order chi connectivity index (χ0) is 14.2. The molecule has 0 bridgehead atoms. The summed E-state index contributed by atoms with van der Waals surface area (Å²) in [5.74, 6) is 0. The summed E-state index contributed by atoms with van der Waals surface area (Å²) < 4.78 is 0. The van der Waals surface area contributed by atoms with E-state index in [9.17, 15) is 0 Å². The molecule has 0 aromatic heterocycles. The van der Waals surface area contributed by atoms with Gasteiger partial charge in [-0.05, 0) is 60.7 Å². The quantitative estimate of drug-likeness (QED) is 0.575. The van der Waals surface area contributed by atoms with Gasteiger partial charge in [0.15, 0.2) is 0 Å². The summed E-state index contributed by atoms with van der Waals surface area (Å²) in [6, 6.07) is 9.91. The fourth-order valence-electron chi connectivity index (χ4n) is 2.08. The van der Waals surface area contributed by atoms with Gasteiger partial charge in [-0.3, -0.25) is 0 Å². The number of aryl methyl sites for hydroxylation is 3. The van der Waals surface area contributed by atoms with E-state index in [-0.39, 0.29) is 5.38 Å². The van der Waals surface area contributed by atoms with Crippen molar-refractivity contribution in [3.8, 4) is 0 Å². The minimum absolute atomic E-state index is 0.188. The predicted octanol–water partition coefficient (Wildman–Crippen LogP) is 6.25. The fourth-order valence-corrected chi connectivity index (χ4v) is 2.79. The third kappa shape index (κ3) is 3.08. The second-order valence-electron chi connectivity index (χ2n) is 4.83. The topological polar surface area (TPSA) is 0 Å². The first kappa shape index (κ1) is 14.7. The molecule has 2 aromatic carbocycles. The lowest BCUT2D eigenvalue weighted by atomic mass is 9.97. The molecule has 0 aliphatic heterocycles. The molecule has 2 rings (SSSR count). The van der Waals surface area contributed by atoms with E-state index in [4.69, 9.17) is 34.8 Å². The maximum absolute atomic E-state index is 6.60. The Morgan fingerprint density at radius 3 is 2.05 bits per heavy atom. The first-order valence-corrected chi connectivity index (χ1v) is 7.26. The van der Waals surface area contributed by atoms with E-state index in [0.717, 1.165) is 37.9 Å². The van der Waals surface area contributed by atoms with Crippen LogP contribution in [0.5, 0.6) is 0 Å². The van der Waals surface area contributed by atoms with E-state index in [1.165, 1.54) is 0 Å². The van der Waals surface area contributed by atoms with E-state index in [1.807, 2.05) is 45.0 Å².